The minimum atomic E-state index is -2.52. The van der Waals surface area contributed by atoms with Gasteiger partial charge in [0.05, 0.1) is 11.6 Å². The van der Waals surface area contributed by atoms with Crippen molar-refractivity contribution in [3.63, 3.8) is 0 Å². The number of fused-ring (bicyclic) bond motifs is 1. The third-order valence-corrected chi connectivity index (χ3v) is 8.73. The monoisotopic (exact) mass is 584 g/mol. The van der Waals surface area contributed by atoms with Crippen LogP contribution in [0.4, 0.5) is 14.6 Å². The average Bonchev–Trinajstić information content (AvgIpc) is 3.60. The number of rotatable bonds is 7. The number of imidazole rings is 1. The van der Waals surface area contributed by atoms with Crippen molar-refractivity contribution in [2.75, 3.05) is 12.8 Å². The van der Waals surface area contributed by atoms with Crippen LogP contribution in [0.5, 0.6) is 0 Å². The lowest BCUT2D eigenvalue weighted by molar-refractivity contribution is -0.151. The van der Waals surface area contributed by atoms with E-state index in [1.807, 2.05) is 51.1 Å². The van der Waals surface area contributed by atoms with Crippen LogP contribution < -0.4 is 5.73 Å². The Kier molecular flexibility index (Phi) is 8.99. The molecule has 0 radical (unpaired) electrons. The fourth-order valence-electron chi connectivity index (χ4n) is 5.95. The molecule has 1 fully saturated rings. The van der Waals surface area contributed by atoms with Gasteiger partial charge in [0.25, 0.3) is 6.43 Å². The van der Waals surface area contributed by atoms with Crippen molar-refractivity contribution in [2.24, 2.45) is 11.3 Å². The van der Waals surface area contributed by atoms with E-state index in [9.17, 15) is 18.7 Å². The van der Waals surface area contributed by atoms with Gasteiger partial charge in [0.1, 0.15) is 28.0 Å². The summed E-state index contributed by atoms with van der Waals surface area (Å²) in [6, 6.07) is 14.3. The quantitative estimate of drug-likeness (QED) is 0.210. The van der Waals surface area contributed by atoms with Crippen molar-refractivity contribution < 1.29 is 23.8 Å². The Morgan fingerprint density at radius 3 is 2.34 bits per heavy atom. The molecular formula is C31H35ClF2N4O3. The summed E-state index contributed by atoms with van der Waals surface area (Å²) in [5.74, 6) is -0.0387. The van der Waals surface area contributed by atoms with E-state index in [1.54, 1.807) is 16.5 Å². The number of aliphatic hydroxyl groups excluding tert-OH is 1. The lowest BCUT2D eigenvalue weighted by Crippen LogP contribution is -2.33. The Hall–Kier alpha value is -3.56. The predicted octanol–water partition coefficient (Wildman–Crippen LogP) is 7.32. The van der Waals surface area contributed by atoms with Crippen molar-refractivity contribution in [1.82, 2.24) is 14.4 Å². The Morgan fingerprint density at radius 1 is 1.10 bits per heavy atom. The number of nitrogens with two attached hydrogens (primary N) is 1. The first kappa shape index (κ1) is 30.4. The van der Waals surface area contributed by atoms with E-state index >= 15 is 0 Å². The van der Waals surface area contributed by atoms with Crippen molar-refractivity contribution in [3.8, 4) is 11.3 Å². The van der Waals surface area contributed by atoms with Crippen LogP contribution in [0.2, 0.25) is 5.15 Å². The maximum atomic E-state index is 13.2. The molecule has 5 rings (SSSR count). The molecule has 0 saturated heterocycles. The molecule has 4 N–H and O–H groups in total. The summed E-state index contributed by atoms with van der Waals surface area (Å²) in [5, 5.41) is 17.4. The molecule has 2 heterocycles. The van der Waals surface area contributed by atoms with E-state index in [1.165, 1.54) is 12.3 Å². The Labute approximate surface area is 243 Å². The van der Waals surface area contributed by atoms with Gasteiger partial charge in [-0.2, -0.15) is 0 Å². The Balaban J connectivity index is 0.00000189. The first-order valence-electron chi connectivity index (χ1n) is 13.5. The van der Waals surface area contributed by atoms with Gasteiger partial charge in [-0.05, 0) is 42.4 Å². The van der Waals surface area contributed by atoms with E-state index in [2.05, 4.69) is 4.98 Å². The minimum absolute atomic E-state index is 0.00382. The van der Waals surface area contributed by atoms with Crippen molar-refractivity contribution in [3.05, 3.63) is 82.4 Å². The Bertz CT molecular complexity index is 1540. The molecule has 0 unspecified atom stereocenters. The number of hydrogen-bond acceptors (Lipinski definition) is 5. The second-order valence-corrected chi connectivity index (χ2v) is 11.2. The largest absolute Gasteiger partial charge is 0.481 e. The molecular weight excluding hydrogens is 550 g/mol. The summed E-state index contributed by atoms with van der Waals surface area (Å²) in [4.78, 5) is 21.5. The zero-order valence-corrected chi connectivity index (χ0v) is 24.2. The van der Waals surface area contributed by atoms with E-state index in [0.717, 1.165) is 23.8 Å². The number of nitrogens with zero attached hydrogens (tertiary/aromatic N) is 3. The van der Waals surface area contributed by atoms with Gasteiger partial charge >= 0.3 is 5.97 Å². The number of carboxylic acid groups (broad SMARTS) is 1. The van der Waals surface area contributed by atoms with Crippen molar-refractivity contribution in [2.45, 2.75) is 58.3 Å². The number of benzene rings is 2. The highest BCUT2D eigenvalue weighted by Gasteiger charge is 2.49. The fourth-order valence-corrected chi connectivity index (χ4v) is 6.17. The molecule has 2 aromatic carbocycles. The summed E-state index contributed by atoms with van der Waals surface area (Å²) < 4.78 is 28.2. The van der Waals surface area contributed by atoms with Crippen LogP contribution >= 0.6 is 11.6 Å². The fraction of sp³-hybridized carbons (Fsp3) is 0.387. The number of nitrogen functional groups attached to an aromatic ring is 1. The third kappa shape index (κ3) is 5.53. The number of hydrogen-bond donors (Lipinski definition) is 3. The van der Waals surface area contributed by atoms with Crippen LogP contribution in [0, 0.1) is 11.3 Å². The molecule has 1 saturated carbocycles. The zero-order valence-electron chi connectivity index (χ0n) is 23.5. The Morgan fingerprint density at radius 2 is 1.76 bits per heavy atom. The molecule has 2 aromatic heterocycles. The molecule has 10 heteroatoms. The van der Waals surface area contributed by atoms with E-state index in [4.69, 9.17) is 27.4 Å². The summed E-state index contributed by atoms with van der Waals surface area (Å²) >= 11 is 6.61. The maximum absolute atomic E-state index is 13.2. The summed E-state index contributed by atoms with van der Waals surface area (Å²) in [6.45, 7) is 5.88. The van der Waals surface area contributed by atoms with Crippen LogP contribution in [0.15, 0.2) is 54.7 Å². The molecule has 41 heavy (non-hydrogen) atoms. The molecule has 218 valence electrons. The number of aliphatic carboxylic acids is 1. The van der Waals surface area contributed by atoms with Crippen LogP contribution in [-0.2, 0) is 4.79 Å². The first-order chi connectivity index (χ1) is 19.5. The SMILES string of the molecule is CC(C)[C@@]1(C(=O)O)CC[C@@H](c2nc(-c3ccc([C@H](C)c4cccc(C(F)F)c4)cc3)c3c(N)ncc(Cl)n23)C1.CO. The van der Waals surface area contributed by atoms with E-state index in [-0.39, 0.29) is 29.1 Å². The number of halogens is 3. The van der Waals surface area contributed by atoms with Crippen LogP contribution in [0.1, 0.15) is 80.8 Å². The number of carboxylic acids is 1. The van der Waals surface area contributed by atoms with E-state index < -0.39 is 17.8 Å². The van der Waals surface area contributed by atoms with Crippen LogP contribution in [0.25, 0.3) is 16.8 Å². The number of aromatic nitrogens is 3. The topological polar surface area (TPSA) is 114 Å². The molecule has 7 nitrogen and oxygen atoms in total. The lowest BCUT2D eigenvalue weighted by atomic mass is 9.75. The highest BCUT2D eigenvalue weighted by Crippen LogP contribution is 2.51. The van der Waals surface area contributed by atoms with Gasteiger partial charge in [0.2, 0.25) is 0 Å². The summed E-state index contributed by atoms with van der Waals surface area (Å²) in [5.41, 5.74) is 9.30. The normalized spacial score (nSPS) is 19.4. The first-order valence-corrected chi connectivity index (χ1v) is 13.9. The minimum Gasteiger partial charge on any atom is -0.481 e. The molecule has 1 aliphatic rings. The van der Waals surface area contributed by atoms with Gasteiger partial charge in [-0.1, -0.05) is 74.8 Å². The standard InChI is InChI=1S/C30H31ClF2N4O2.CH4O/c1-16(2)30(29(38)39)12-11-22(14-30)28-36-24(25-27(34)35-15-23(31)37(25)28)19-9-7-18(8-10-19)17(3)20-5-4-6-21(13-20)26(32)33;1-2/h4-10,13,15-17,22,26H,11-12,14H2,1-3H3,(H2,34,35)(H,38,39);2H,1H3/t17-,22+,30+;/m0./s1. The number of aliphatic hydroxyl groups is 1. The average molecular weight is 585 g/mol. The maximum Gasteiger partial charge on any atom is 0.309 e. The van der Waals surface area contributed by atoms with Crippen molar-refractivity contribution in [1.29, 1.82) is 0 Å². The molecule has 1 aliphatic carbocycles. The molecule has 0 spiro atoms. The molecule has 0 aliphatic heterocycles. The van der Waals surface area contributed by atoms with Gasteiger partial charge in [0.15, 0.2) is 0 Å². The second-order valence-electron chi connectivity index (χ2n) is 10.8. The highest BCUT2D eigenvalue weighted by atomic mass is 35.5. The van der Waals surface area contributed by atoms with Gasteiger partial charge in [-0.25, -0.2) is 18.7 Å². The lowest BCUT2D eigenvalue weighted by Gasteiger charge is -2.28. The van der Waals surface area contributed by atoms with Crippen molar-refractivity contribution >= 4 is 28.9 Å². The predicted molar refractivity (Wildman–Crippen MR) is 156 cm³/mol. The zero-order chi connectivity index (χ0) is 30.1. The van der Waals surface area contributed by atoms with E-state index in [0.29, 0.717) is 41.5 Å². The molecule has 4 aromatic rings. The van der Waals surface area contributed by atoms with Gasteiger partial charge in [-0.15, -0.1) is 0 Å². The number of alkyl halides is 2. The smallest absolute Gasteiger partial charge is 0.309 e. The summed E-state index contributed by atoms with van der Waals surface area (Å²) in [6.07, 6.45) is 0.668. The number of carbonyl (C=O) groups is 1. The third-order valence-electron chi connectivity index (χ3n) is 8.46. The number of anilines is 1. The second kappa shape index (κ2) is 12.1. The molecule has 0 amide bonds. The molecule has 3 atom stereocenters. The van der Waals surface area contributed by atoms with Crippen LogP contribution in [-0.4, -0.2) is 37.7 Å². The van der Waals surface area contributed by atoms with Gasteiger partial charge in [0, 0.05) is 30.1 Å². The summed E-state index contributed by atoms with van der Waals surface area (Å²) in [7, 11) is 1.00. The van der Waals surface area contributed by atoms with Gasteiger partial charge < -0.3 is 15.9 Å². The highest BCUT2D eigenvalue weighted by molar-refractivity contribution is 6.30. The van der Waals surface area contributed by atoms with Gasteiger partial charge in [-0.3, -0.25) is 9.20 Å². The van der Waals surface area contributed by atoms with Crippen LogP contribution in [0.3, 0.4) is 0 Å². The molecule has 0 bridgehead atoms.